The Hall–Kier alpha value is -3.42. The number of anilines is 1. The third-order valence-corrected chi connectivity index (χ3v) is 10.4. The first-order valence-corrected chi connectivity index (χ1v) is 15.3. The first-order chi connectivity index (χ1) is 19.1. The van der Waals surface area contributed by atoms with E-state index >= 15 is 0 Å². The lowest BCUT2D eigenvalue weighted by Gasteiger charge is -2.33. The minimum absolute atomic E-state index is 0.0607. The summed E-state index contributed by atoms with van der Waals surface area (Å²) in [4.78, 5) is 11.3. The molecule has 1 fully saturated rings. The molecule has 5 rings (SSSR count). The molecule has 0 radical (unpaired) electrons. The molecular formula is C30H32F3N4O2P. The molecule has 1 aromatic heterocycles. The topological polar surface area (TPSA) is 67.4 Å². The monoisotopic (exact) mass is 568 g/mol. The summed E-state index contributed by atoms with van der Waals surface area (Å²) in [5.74, 6) is -2.85. The van der Waals surface area contributed by atoms with Crippen LogP contribution in [-0.4, -0.2) is 47.4 Å². The summed E-state index contributed by atoms with van der Waals surface area (Å²) in [5, 5.41) is 4.35. The molecule has 1 aliphatic rings. The number of hydrogen-bond acceptors (Lipinski definition) is 6. The lowest BCUT2D eigenvalue weighted by molar-refractivity contribution is 0.0136. The first kappa shape index (κ1) is 28.1. The van der Waals surface area contributed by atoms with Gasteiger partial charge in [0.25, 0.3) is 5.92 Å². The smallest absolute Gasteiger partial charge is 0.273 e. The van der Waals surface area contributed by atoms with Gasteiger partial charge >= 0.3 is 0 Å². The van der Waals surface area contributed by atoms with Crippen LogP contribution in [0, 0.1) is 12.7 Å². The highest BCUT2D eigenvalue weighted by Gasteiger charge is 2.34. The van der Waals surface area contributed by atoms with Crippen molar-refractivity contribution in [2.75, 3.05) is 37.8 Å². The molecule has 1 saturated heterocycles. The summed E-state index contributed by atoms with van der Waals surface area (Å²) < 4.78 is 62.6. The van der Waals surface area contributed by atoms with Gasteiger partial charge in [-0.05, 0) is 18.6 Å². The maximum atomic E-state index is 14.9. The van der Waals surface area contributed by atoms with E-state index in [4.69, 9.17) is 4.74 Å². The van der Waals surface area contributed by atoms with Gasteiger partial charge in [0.1, 0.15) is 30.4 Å². The van der Waals surface area contributed by atoms with Gasteiger partial charge in [-0.2, -0.15) is 0 Å². The number of benzene rings is 3. The van der Waals surface area contributed by atoms with Crippen molar-refractivity contribution < 1.29 is 22.5 Å². The fraction of sp³-hybridized carbons (Fsp3) is 0.333. The van der Waals surface area contributed by atoms with Crippen molar-refractivity contribution in [1.82, 2.24) is 14.9 Å². The maximum Gasteiger partial charge on any atom is 0.273 e. The van der Waals surface area contributed by atoms with Crippen LogP contribution in [0.5, 0.6) is 5.75 Å². The molecule has 40 heavy (non-hydrogen) atoms. The van der Waals surface area contributed by atoms with Crippen LogP contribution in [0.15, 0.2) is 60.7 Å². The zero-order chi connectivity index (χ0) is 28.5. The minimum Gasteiger partial charge on any atom is -0.496 e. The standard InChI is InChI=1S/C30H32F3N4O2P/c1-20-35-25-17-26(39-3)27(40(38)14-12-37(13-15-40)19-21-8-5-4-6-9-21)16-23(25)29(36-20)34-18-22-10-7-11-24(28(22)31)30(2,32)33/h4-11,16-17H,12-15,18-19H2,1-3H3,(H,34,35,36). The predicted molar refractivity (Wildman–Crippen MR) is 153 cm³/mol. The van der Waals surface area contributed by atoms with Crippen molar-refractivity contribution in [2.24, 2.45) is 0 Å². The van der Waals surface area contributed by atoms with Crippen LogP contribution < -0.4 is 15.4 Å². The number of nitrogens with zero attached hydrogens (tertiary/aromatic N) is 3. The van der Waals surface area contributed by atoms with Gasteiger partial charge in [-0.15, -0.1) is 0 Å². The van der Waals surface area contributed by atoms with Crippen LogP contribution in [0.1, 0.15) is 29.4 Å². The second-order valence-electron chi connectivity index (χ2n) is 10.3. The Morgan fingerprint density at radius 3 is 2.45 bits per heavy atom. The van der Waals surface area contributed by atoms with Gasteiger partial charge < -0.3 is 14.6 Å². The van der Waals surface area contributed by atoms with Crippen molar-refractivity contribution in [1.29, 1.82) is 0 Å². The number of ether oxygens (including phenoxy) is 1. The number of aromatic nitrogens is 2. The molecule has 1 N–H and O–H groups in total. The molecule has 1 aliphatic heterocycles. The van der Waals surface area contributed by atoms with Crippen molar-refractivity contribution in [2.45, 2.75) is 32.9 Å². The van der Waals surface area contributed by atoms with Gasteiger partial charge in [0.2, 0.25) is 0 Å². The van der Waals surface area contributed by atoms with Crippen LogP contribution in [0.25, 0.3) is 10.9 Å². The Bertz CT molecular complexity index is 1570. The van der Waals surface area contributed by atoms with Gasteiger partial charge in [-0.3, -0.25) is 4.90 Å². The van der Waals surface area contributed by atoms with Gasteiger partial charge in [0.15, 0.2) is 0 Å². The van der Waals surface area contributed by atoms with Gasteiger partial charge in [0.05, 0.1) is 23.5 Å². The Morgan fingerprint density at radius 1 is 1.05 bits per heavy atom. The highest BCUT2D eigenvalue weighted by atomic mass is 31.2. The molecule has 4 aromatic rings. The van der Waals surface area contributed by atoms with E-state index in [1.165, 1.54) is 17.7 Å². The fourth-order valence-electron chi connectivity index (χ4n) is 5.18. The molecule has 10 heteroatoms. The molecular weight excluding hydrogens is 536 g/mol. The summed E-state index contributed by atoms with van der Waals surface area (Å²) in [5.41, 5.74) is 1.24. The number of fused-ring (bicyclic) bond motifs is 1. The summed E-state index contributed by atoms with van der Waals surface area (Å²) in [6, 6.07) is 17.7. The normalized spacial score (nSPS) is 15.8. The zero-order valence-corrected chi connectivity index (χ0v) is 23.6. The molecule has 0 saturated carbocycles. The SMILES string of the molecule is COc1cc2nc(C)nc(NCc3cccc(C(C)(F)F)c3F)c2cc1P1(=O)CCN(Cc2ccccc2)CC1. The molecule has 0 aliphatic carbocycles. The van der Waals surface area contributed by atoms with Crippen molar-refractivity contribution in [3.8, 4) is 5.75 Å². The average Bonchev–Trinajstić information content (AvgIpc) is 2.93. The lowest BCUT2D eigenvalue weighted by Crippen LogP contribution is -2.36. The van der Waals surface area contributed by atoms with Gasteiger partial charge in [0, 0.05) is 62.4 Å². The molecule has 0 spiro atoms. The number of alkyl halides is 2. The van der Waals surface area contributed by atoms with Crippen LogP contribution in [0.3, 0.4) is 0 Å². The first-order valence-electron chi connectivity index (χ1n) is 13.2. The summed E-state index contributed by atoms with van der Waals surface area (Å²) in [7, 11) is -1.25. The largest absolute Gasteiger partial charge is 0.496 e. The lowest BCUT2D eigenvalue weighted by atomic mass is 10.0. The van der Waals surface area contributed by atoms with Gasteiger partial charge in [-0.25, -0.2) is 23.1 Å². The minimum atomic E-state index is -3.30. The number of aryl methyl sites for hydroxylation is 1. The number of halogens is 3. The van der Waals surface area contributed by atoms with Crippen molar-refractivity contribution in [3.63, 3.8) is 0 Å². The van der Waals surface area contributed by atoms with Crippen molar-refractivity contribution >= 4 is 29.2 Å². The van der Waals surface area contributed by atoms with E-state index in [9.17, 15) is 17.7 Å². The number of nitrogens with one attached hydrogen (secondary N) is 1. The van der Waals surface area contributed by atoms with Gasteiger partial charge in [-0.1, -0.05) is 48.5 Å². The van der Waals surface area contributed by atoms with Crippen molar-refractivity contribution in [3.05, 3.63) is 89.0 Å². The van der Waals surface area contributed by atoms with E-state index in [-0.39, 0.29) is 12.1 Å². The van der Waals surface area contributed by atoms with E-state index < -0.39 is 24.4 Å². The second-order valence-corrected chi connectivity index (χ2v) is 13.4. The van der Waals surface area contributed by atoms with Crippen LogP contribution in [-0.2, 0) is 23.6 Å². The molecule has 2 heterocycles. The Kier molecular flexibility index (Phi) is 7.89. The van der Waals surface area contributed by atoms with E-state index in [0.29, 0.717) is 65.9 Å². The van der Waals surface area contributed by atoms with E-state index in [0.717, 1.165) is 12.6 Å². The number of hydrogen-bond donors (Lipinski definition) is 1. The molecule has 3 aromatic carbocycles. The van der Waals surface area contributed by atoms with E-state index in [1.54, 1.807) is 20.1 Å². The Balaban J connectivity index is 1.44. The average molecular weight is 569 g/mol. The summed E-state index contributed by atoms with van der Waals surface area (Å²) >= 11 is 0. The molecule has 0 amide bonds. The fourth-order valence-corrected chi connectivity index (χ4v) is 8.02. The van der Waals surface area contributed by atoms with E-state index in [1.807, 2.05) is 24.3 Å². The highest BCUT2D eigenvalue weighted by molar-refractivity contribution is 7.72. The Labute approximate surface area is 232 Å². The molecule has 0 atom stereocenters. The number of methoxy groups -OCH3 is 1. The van der Waals surface area contributed by atoms with E-state index in [2.05, 4.69) is 32.3 Å². The molecule has 210 valence electrons. The van der Waals surface area contributed by atoms with Crippen LogP contribution in [0.4, 0.5) is 19.0 Å². The maximum absolute atomic E-state index is 14.9. The molecule has 6 nitrogen and oxygen atoms in total. The number of rotatable bonds is 8. The third kappa shape index (κ3) is 5.86. The zero-order valence-electron chi connectivity index (χ0n) is 22.8. The summed E-state index contributed by atoms with van der Waals surface area (Å²) in [6.07, 6.45) is 1.03. The second kappa shape index (κ2) is 11.2. The third-order valence-electron chi connectivity index (χ3n) is 7.35. The Morgan fingerprint density at radius 2 is 1.77 bits per heavy atom. The van der Waals surface area contributed by atoms with Crippen LogP contribution >= 0.6 is 7.14 Å². The molecule has 0 unspecified atom stereocenters. The van der Waals surface area contributed by atoms with Crippen LogP contribution in [0.2, 0.25) is 0 Å². The highest BCUT2D eigenvalue weighted by Crippen LogP contribution is 2.49. The summed E-state index contributed by atoms with van der Waals surface area (Å²) in [6.45, 7) is 4.54. The molecule has 0 bridgehead atoms. The predicted octanol–water partition coefficient (Wildman–Crippen LogP) is 6.31. The quantitative estimate of drug-likeness (QED) is 0.251.